The van der Waals surface area contributed by atoms with Gasteiger partial charge in [-0.25, -0.2) is 0 Å². The minimum atomic E-state index is 0.107. The highest BCUT2D eigenvalue weighted by Crippen LogP contribution is 2.15. The van der Waals surface area contributed by atoms with E-state index in [1.54, 1.807) is 0 Å². The third-order valence-corrected chi connectivity index (χ3v) is 3.83. The highest BCUT2D eigenvalue weighted by molar-refractivity contribution is 5.94. The van der Waals surface area contributed by atoms with E-state index in [0.717, 1.165) is 37.3 Å². The number of nitrogens with one attached hydrogen (secondary N) is 1. The van der Waals surface area contributed by atoms with Gasteiger partial charge < -0.3 is 10.3 Å². The molecule has 104 valence electrons. The van der Waals surface area contributed by atoms with Crippen LogP contribution in [0.25, 0.3) is 0 Å². The molecular weight excluding hydrogens is 240 g/mol. The second-order valence-corrected chi connectivity index (χ2v) is 5.02. The van der Waals surface area contributed by atoms with E-state index < -0.39 is 0 Å². The molecule has 1 fully saturated rings. The van der Waals surface area contributed by atoms with Gasteiger partial charge in [0.1, 0.15) is 0 Å². The van der Waals surface area contributed by atoms with Crippen LogP contribution in [0.3, 0.4) is 0 Å². The summed E-state index contributed by atoms with van der Waals surface area (Å²) in [4.78, 5) is 16.7. The molecule has 1 heterocycles. The number of hydrogen-bond donors (Lipinski definition) is 2. The predicted molar refractivity (Wildman–Crippen MR) is 76.9 cm³/mol. The quantitative estimate of drug-likeness (QED) is 0.633. The van der Waals surface area contributed by atoms with Crippen LogP contribution in [0.15, 0.2) is 24.3 Å². The van der Waals surface area contributed by atoms with Gasteiger partial charge in [0.15, 0.2) is 0 Å². The molecule has 1 atom stereocenters. The lowest BCUT2D eigenvalue weighted by Crippen LogP contribution is -2.52. The average molecular weight is 262 g/mol. The average Bonchev–Trinajstić information content (AvgIpc) is 2.47. The van der Waals surface area contributed by atoms with Gasteiger partial charge in [-0.2, -0.15) is 0 Å². The van der Waals surface area contributed by atoms with E-state index in [2.05, 4.69) is 24.3 Å². The number of anilines is 1. The minimum Gasteiger partial charge on any atom is -0.336 e. The highest BCUT2D eigenvalue weighted by atomic mass is 16.2. The monoisotopic (exact) mass is 262 g/mol. The first-order valence-electron chi connectivity index (χ1n) is 6.72. The standard InChI is InChI=1S/C14H22N4O/c1-3-13-10-18(9-8-17(13)2)14(19)11-4-6-12(16-15)7-5-11/h4-7,13,16H,3,8-10,15H2,1-2H3. The van der Waals surface area contributed by atoms with Crippen molar-refractivity contribution in [3.05, 3.63) is 29.8 Å². The van der Waals surface area contributed by atoms with E-state index in [4.69, 9.17) is 5.84 Å². The second-order valence-electron chi connectivity index (χ2n) is 5.02. The first kappa shape index (κ1) is 13.8. The number of carbonyl (C=O) groups excluding carboxylic acids is 1. The Morgan fingerprint density at radius 1 is 1.37 bits per heavy atom. The van der Waals surface area contributed by atoms with Crippen LogP contribution in [-0.2, 0) is 0 Å². The van der Waals surface area contributed by atoms with Gasteiger partial charge in [-0.05, 0) is 37.7 Å². The fraction of sp³-hybridized carbons (Fsp3) is 0.500. The molecule has 5 nitrogen and oxygen atoms in total. The van der Waals surface area contributed by atoms with E-state index in [1.165, 1.54) is 0 Å². The smallest absolute Gasteiger partial charge is 0.253 e. The molecule has 0 saturated carbocycles. The minimum absolute atomic E-state index is 0.107. The van der Waals surface area contributed by atoms with Crippen molar-refractivity contribution in [3.63, 3.8) is 0 Å². The molecule has 1 amide bonds. The van der Waals surface area contributed by atoms with Crippen LogP contribution < -0.4 is 11.3 Å². The van der Waals surface area contributed by atoms with Gasteiger partial charge in [-0.1, -0.05) is 6.92 Å². The number of rotatable bonds is 3. The van der Waals surface area contributed by atoms with Gasteiger partial charge in [-0.3, -0.25) is 15.5 Å². The number of carbonyl (C=O) groups is 1. The summed E-state index contributed by atoms with van der Waals surface area (Å²) >= 11 is 0. The van der Waals surface area contributed by atoms with Gasteiger partial charge >= 0.3 is 0 Å². The van der Waals surface area contributed by atoms with Crippen molar-refractivity contribution in [2.75, 3.05) is 32.1 Å². The summed E-state index contributed by atoms with van der Waals surface area (Å²) < 4.78 is 0. The molecule has 1 aliphatic rings. The Morgan fingerprint density at radius 3 is 2.63 bits per heavy atom. The van der Waals surface area contributed by atoms with Crippen LogP contribution in [0.2, 0.25) is 0 Å². The van der Waals surface area contributed by atoms with E-state index in [0.29, 0.717) is 6.04 Å². The maximum atomic E-state index is 12.4. The third-order valence-electron chi connectivity index (χ3n) is 3.83. The van der Waals surface area contributed by atoms with Gasteiger partial charge in [0, 0.05) is 36.9 Å². The molecule has 0 aromatic heterocycles. The summed E-state index contributed by atoms with van der Waals surface area (Å²) in [7, 11) is 2.12. The molecule has 2 rings (SSSR count). The van der Waals surface area contributed by atoms with E-state index in [-0.39, 0.29) is 5.91 Å². The number of nitrogens with two attached hydrogens (primary N) is 1. The molecule has 0 bridgehead atoms. The molecular formula is C14H22N4O. The van der Waals surface area contributed by atoms with Crippen LogP contribution >= 0.6 is 0 Å². The number of amides is 1. The second kappa shape index (κ2) is 6.04. The molecule has 0 radical (unpaired) electrons. The lowest BCUT2D eigenvalue weighted by Gasteiger charge is -2.39. The van der Waals surface area contributed by atoms with Crippen molar-refractivity contribution in [3.8, 4) is 0 Å². The SMILES string of the molecule is CCC1CN(C(=O)c2ccc(NN)cc2)CCN1C. The molecule has 1 aliphatic heterocycles. The number of nitrogens with zero attached hydrogens (tertiary/aromatic N) is 2. The van der Waals surface area contributed by atoms with Crippen LogP contribution in [0.5, 0.6) is 0 Å². The van der Waals surface area contributed by atoms with Gasteiger partial charge in [0.25, 0.3) is 5.91 Å². The lowest BCUT2D eigenvalue weighted by atomic mass is 10.1. The molecule has 0 spiro atoms. The molecule has 3 N–H and O–H groups in total. The van der Waals surface area contributed by atoms with Crippen LogP contribution in [0.4, 0.5) is 5.69 Å². The lowest BCUT2D eigenvalue weighted by molar-refractivity contribution is 0.0542. The number of nitrogen functional groups attached to an aromatic ring is 1. The van der Waals surface area contributed by atoms with Crippen LogP contribution in [0, 0.1) is 0 Å². The zero-order valence-electron chi connectivity index (χ0n) is 11.6. The molecule has 1 aromatic carbocycles. The largest absolute Gasteiger partial charge is 0.336 e. The molecule has 1 aromatic rings. The van der Waals surface area contributed by atoms with E-state index in [9.17, 15) is 4.79 Å². The summed E-state index contributed by atoms with van der Waals surface area (Å²) in [5, 5.41) is 0. The van der Waals surface area contributed by atoms with Crippen molar-refractivity contribution < 1.29 is 4.79 Å². The third kappa shape index (κ3) is 3.05. The van der Waals surface area contributed by atoms with E-state index >= 15 is 0 Å². The number of benzene rings is 1. The number of likely N-dealkylation sites (N-methyl/N-ethyl adjacent to an activating group) is 1. The summed E-state index contributed by atoms with van der Waals surface area (Å²) in [5.74, 6) is 5.43. The maximum absolute atomic E-state index is 12.4. The van der Waals surface area contributed by atoms with Crippen LogP contribution in [0.1, 0.15) is 23.7 Å². The van der Waals surface area contributed by atoms with Gasteiger partial charge in [0.05, 0.1) is 0 Å². The molecule has 0 aliphatic carbocycles. The van der Waals surface area contributed by atoms with Crippen molar-refractivity contribution in [1.82, 2.24) is 9.80 Å². The van der Waals surface area contributed by atoms with Crippen molar-refractivity contribution in [1.29, 1.82) is 0 Å². The molecule has 1 saturated heterocycles. The Hall–Kier alpha value is -1.59. The van der Waals surface area contributed by atoms with Crippen molar-refractivity contribution in [2.24, 2.45) is 5.84 Å². The zero-order valence-corrected chi connectivity index (χ0v) is 11.6. The van der Waals surface area contributed by atoms with Crippen molar-refractivity contribution >= 4 is 11.6 Å². The first-order chi connectivity index (χ1) is 9.15. The Morgan fingerprint density at radius 2 is 2.05 bits per heavy atom. The summed E-state index contributed by atoms with van der Waals surface area (Å²) in [5.41, 5.74) is 4.09. The Balaban J connectivity index is 2.06. The van der Waals surface area contributed by atoms with Gasteiger partial charge in [-0.15, -0.1) is 0 Å². The predicted octanol–water partition coefficient (Wildman–Crippen LogP) is 1.14. The van der Waals surface area contributed by atoms with Crippen molar-refractivity contribution in [2.45, 2.75) is 19.4 Å². The summed E-state index contributed by atoms with van der Waals surface area (Å²) in [6.07, 6.45) is 1.07. The molecule has 19 heavy (non-hydrogen) atoms. The summed E-state index contributed by atoms with van der Waals surface area (Å²) in [6.45, 7) is 4.70. The molecule has 1 unspecified atom stereocenters. The Bertz CT molecular complexity index is 432. The first-order valence-corrected chi connectivity index (χ1v) is 6.72. The highest BCUT2D eigenvalue weighted by Gasteiger charge is 2.26. The number of hydrazine groups is 1. The van der Waals surface area contributed by atoms with E-state index in [1.807, 2.05) is 29.2 Å². The number of hydrogen-bond acceptors (Lipinski definition) is 4. The normalized spacial score (nSPS) is 20.4. The Labute approximate surface area is 114 Å². The zero-order chi connectivity index (χ0) is 13.8. The fourth-order valence-corrected chi connectivity index (χ4v) is 2.46. The fourth-order valence-electron chi connectivity index (χ4n) is 2.46. The van der Waals surface area contributed by atoms with Gasteiger partial charge in [0.2, 0.25) is 0 Å². The number of piperazine rings is 1. The summed E-state index contributed by atoms with van der Waals surface area (Å²) in [6, 6.07) is 7.73. The maximum Gasteiger partial charge on any atom is 0.253 e. The van der Waals surface area contributed by atoms with Crippen LogP contribution in [-0.4, -0.2) is 48.4 Å². The molecule has 5 heteroatoms. The Kier molecular flexibility index (Phi) is 4.39. The topological polar surface area (TPSA) is 61.6 Å².